The van der Waals surface area contributed by atoms with E-state index >= 15 is 0 Å². The van der Waals surface area contributed by atoms with Crippen LogP contribution in [0.5, 0.6) is 0 Å². The molecule has 0 unspecified atom stereocenters. The fourth-order valence-corrected chi connectivity index (χ4v) is 3.54. The number of benzene rings is 2. The summed E-state index contributed by atoms with van der Waals surface area (Å²) < 4.78 is 4.57. The van der Waals surface area contributed by atoms with E-state index in [4.69, 9.17) is 0 Å². The zero-order valence-electron chi connectivity index (χ0n) is 15.4. The maximum atomic E-state index is 12.9. The summed E-state index contributed by atoms with van der Waals surface area (Å²) in [5, 5.41) is 18.6. The average Bonchev–Trinajstić information content (AvgIpc) is 3.05. The third-order valence-electron chi connectivity index (χ3n) is 5.22. The summed E-state index contributed by atoms with van der Waals surface area (Å²) in [5.41, 5.74) is 4.82. The molecule has 0 bridgehead atoms. The molecule has 7 nitrogen and oxygen atoms in total. The van der Waals surface area contributed by atoms with Crippen molar-refractivity contribution in [3.05, 3.63) is 58.3 Å². The van der Waals surface area contributed by atoms with Gasteiger partial charge in [0.2, 0.25) is 11.0 Å². The van der Waals surface area contributed by atoms with E-state index in [2.05, 4.69) is 47.1 Å². The maximum absolute atomic E-state index is 12.9. The van der Waals surface area contributed by atoms with Crippen LogP contribution in [0.4, 0.5) is 5.69 Å². The van der Waals surface area contributed by atoms with E-state index in [1.807, 2.05) is 4.90 Å². The van der Waals surface area contributed by atoms with E-state index in [-0.39, 0.29) is 11.9 Å². The molecule has 0 aliphatic carbocycles. The fraction of sp³-hybridized carbons (Fsp3) is 0.350. The lowest BCUT2D eigenvalue weighted by Crippen LogP contribution is -2.45. The van der Waals surface area contributed by atoms with Crippen LogP contribution in [-0.4, -0.2) is 35.1 Å². The van der Waals surface area contributed by atoms with Crippen LogP contribution < -0.4 is 10.2 Å². The molecule has 3 aromatic rings. The number of aromatic nitrogens is 2. The summed E-state index contributed by atoms with van der Waals surface area (Å²) in [6.07, 6.45) is 1.97. The van der Waals surface area contributed by atoms with Crippen molar-refractivity contribution in [3.63, 3.8) is 0 Å². The Morgan fingerprint density at radius 2 is 2.11 bits per heavy atom. The molecule has 0 radical (unpaired) electrons. The van der Waals surface area contributed by atoms with Crippen molar-refractivity contribution in [1.82, 2.24) is 10.1 Å². The largest absolute Gasteiger partial charge is 0.381 e. The first-order valence-electron chi connectivity index (χ1n) is 9.14. The van der Waals surface area contributed by atoms with Crippen LogP contribution in [0.15, 0.2) is 41.0 Å². The van der Waals surface area contributed by atoms with E-state index in [0.29, 0.717) is 28.0 Å². The molecule has 1 aromatic heterocycles. The van der Waals surface area contributed by atoms with E-state index in [9.17, 15) is 10.0 Å². The number of carbonyl (C=O) groups excluding carboxylic acids is 1. The third-order valence-corrected chi connectivity index (χ3v) is 5.22. The number of likely N-dealkylation sites (tertiary alicyclic amines) is 1. The van der Waals surface area contributed by atoms with Crippen molar-refractivity contribution in [1.29, 1.82) is 0 Å². The minimum Gasteiger partial charge on any atom is -0.381 e. The van der Waals surface area contributed by atoms with Gasteiger partial charge < -0.3 is 15.4 Å². The summed E-state index contributed by atoms with van der Waals surface area (Å²) in [7, 11) is 0. The molecule has 1 N–H and O–H groups in total. The lowest BCUT2D eigenvalue weighted by molar-refractivity contribution is -0.782. The third kappa shape index (κ3) is 3.45. The van der Waals surface area contributed by atoms with Crippen LogP contribution in [0.2, 0.25) is 0 Å². The molecule has 1 atom stereocenters. The normalized spacial score (nSPS) is 17.3. The number of carbonyl (C=O) groups is 1. The van der Waals surface area contributed by atoms with Crippen molar-refractivity contribution in [2.24, 2.45) is 0 Å². The SMILES string of the molecule is Cc1ccc(N[C@H]2CCCN(C(=O)c3ccc4c(c3)no[n+]4[O-])C2)cc1C. The Kier molecular flexibility index (Phi) is 4.43. The Bertz CT molecular complexity index is 998. The first-order chi connectivity index (χ1) is 13.0. The van der Waals surface area contributed by atoms with Crippen molar-refractivity contribution in [2.75, 3.05) is 18.4 Å². The molecule has 4 rings (SSSR count). The van der Waals surface area contributed by atoms with Gasteiger partial charge in [0.1, 0.15) is 0 Å². The highest BCUT2D eigenvalue weighted by molar-refractivity contribution is 5.97. The van der Waals surface area contributed by atoms with Gasteiger partial charge in [-0.3, -0.25) is 9.42 Å². The molecule has 1 amide bonds. The molecule has 1 fully saturated rings. The molecular weight excluding hydrogens is 344 g/mol. The lowest BCUT2D eigenvalue weighted by Gasteiger charge is -2.34. The van der Waals surface area contributed by atoms with Crippen LogP contribution >= 0.6 is 0 Å². The number of amides is 1. The van der Waals surface area contributed by atoms with Crippen LogP contribution in [0, 0.1) is 19.1 Å². The number of rotatable bonds is 3. The molecule has 1 aliphatic heterocycles. The van der Waals surface area contributed by atoms with Gasteiger partial charge in [-0.05, 0) is 67.0 Å². The summed E-state index contributed by atoms with van der Waals surface area (Å²) in [5.74, 6) is -0.0519. The quantitative estimate of drug-likeness (QED) is 0.721. The van der Waals surface area contributed by atoms with Gasteiger partial charge in [-0.2, -0.15) is 0 Å². The minimum atomic E-state index is -0.0519. The van der Waals surface area contributed by atoms with Crippen LogP contribution in [0.3, 0.4) is 0 Å². The number of piperidine rings is 1. The number of nitrogens with one attached hydrogen (secondary N) is 1. The standard InChI is InChI=1S/C20H22N4O3/c1-13-5-7-16(10-14(13)2)21-17-4-3-9-23(12-17)20(25)15-6-8-19-18(11-15)22-27-24(19)26/h5-8,10-11,17,21H,3-4,9,12H2,1-2H3/t17-/m0/s1. The first-order valence-corrected chi connectivity index (χ1v) is 9.14. The van der Waals surface area contributed by atoms with Gasteiger partial charge in [-0.25, -0.2) is 0 Å². The summed E-state index contributed by atoms with van der Waals surface area (Å²) in [6.45, 7) is 5.56. The van der Waals surface area contributed by atoms with E-state index in [0.717, 1.165) is 25.1 Å². The molecule has 1 aliphatic rings. The number of nitrogens with zero attached hydrogens (tertiary/aromatic N) is 3. The van der Waals surface area contributed by atoms with Crippen LogP contribution in [0.1, 0.15) is 34.3 Å². The predicted molar refractivity (Wildman–Crippen MR) is 101 cm³/mol. The van der Waals surface area contributed by atoms with Crippen molar-refractivity contribution in [2.45, 2.75) is 32.7 Å². The molecule has 7 heteroatoms. The lowest BCUT2D eigenvalue weighted by atomic mass is 10.0. The molecule has 0 saturated carbocycles. The summed E-state index contributed by atoms with van der Waals surface area (Å²) in [6, 6.07) is 11.4. The van der Waals surface area contributed by atoms with Crippen molar-refractivity contribution < 1.29 is 14.3 Å². The second kappa shape index (κ2) is 6.90. The van der Waals surface area contributed by atoms with E-state index < -0.39 is 0 Å². The second-order valence-corrected chi connectivity index (χ2v) is 7.17. The van der Waals surface area contributed by atoms with E-state index in [1.54, 1.807) is 18.2 Å². The fourth-order valence-electron chi connectivity index (χ4n) is 3.54. The Labute approximate surface area is 157 Å². The number of anilines is 1. The minimum absolute atomic E-state index is 0.0519. The van der Waals surface area contributed by atoms with Gasteiger partial charge in [0.05, 0.1) is 0 Å². The van der Waals surface area contributed by atoms with Gasteiger partial charge in [0, 0.05) is 41.6 Å². The number of fused-ring (bicyclic) bond motifs is 1. The monoisotopic (exact) mass is 366 g/mol. The highest BCUT2D eigenvalue weighted by Crippen LogP contribution is 2.21. The predicted octanol–water partition coefficient (Wildman–Crippen LogP) is 2.79. The van der Waals surface area contributed by atoms with E-state index in [1.165, 1.54) is 11.1 Å². The highest BCUT2D eigenvalue weighted by Gasteiger charge is 2.25. The average molecular weight is 366 g/mol. The van der Waals surface area contributed by atoms with Gasteiger partial charge in [-0.1, -0.05) is 6.07 Å². The number of hydrogen-bond acceptors (Lipinski definition) is 5. The molecule has 2 heterocycles. The van der Waals surface area contributed by atoms with Gasteiger partial charge in [0.25, 0.3) is 5.91 Å². The molecule has 1 saturated heterocycles. The highest BCUT2D eigenvalue weighted by atomic mass is 16.8. The molecular formula is C20H22N4O3. The Morgan fingerprint density at radius 1 is 1.26 bits per heavy atom. The topological polar surface area (TPSA) is 85.3 Å². The van der Waals surface area contributed by atoms with Gasteiger partial charge >= 0.3 is 0 Å². The molecule has 0 spiro atoms. The zero-order chi connectivity index (χ0) is 19.0. The molecule has 140 valence electrons. The molecule has 27 heavy (non-hydrogen) atoms. The smallest absolute Gasteiger partial charge is 0.254 e. The first kappa shape index (κ1) is 17.3. The van der Waals surface area contributed by atoms with Crippen LogP contribution in [0.25, 0.3) is 11.0 Å². The maximum Gasteiger partial charge on any atom is 0.254 e. The zero-order valence-corrected chi connectivity index (χ0v) is 15.4. The molecule has 2 aromatic carbocycles. The number of aryl methyl sites for hydroxylation is 2. The Morgan fingerprint density at radius 3 is 2.93 bits per heavy atom. The number of hydrogen-bond donors (Lipinski definition) is 1. The summed E-state index contributed by atoms with van der Waals surface area (Å²) >= 11 is 0. The van der Waals surface area contributed by atoms with Crippen molar-refractivity contribution in [3.8, 4) is 0 Å². The Balaban J connectivity index is 1.47. The van der Waals surface area contributed by atoms with Gasteiger partial charge in [-0.15, -0.1) is 0 Å². The summed E-state index contributed by atoms with van der Waals surface area (Å²) in [4.78, 5) is 15.1. The van der Waals surface area contributed by atoms with Crippen LogP contribution in [-0.2, 0) is 0 Å². The second-order valence-electron chi connectivity index (χ2n) is 7.17. The van der Waals surface area contributed by atoms with Gasteiger partial charge in [0.15, 0.2) is 0 Å². The van der Waals surface area contributed by atoms with Crippen molar-refractivity contribution >= 4 is 22.6 Å². The Hall–Kier alpha value is -3.09.